The van der Waals surface area contributed by atoms with Crippen LogP contribution in [0.5, 0.6) is 5.75 Å². The van der Waals surface area contributed by atoms with Crippen LogP contribution in [-0.2, 0) is 11.2 Å². The fraction of sp³-hybridized carbons (Fsp3) is 0.235. The van der Waals surface area contributed by atoms with Crippen molar-refractivity contribution in [2.45, 2.75) is 26.7 Å². The Hall–Kier alpha value is -2.80. The molecule has 1 heterocycles. The maximum absolute atomic E-state index is 12.1. The van der Waals surface area contributed by atoms with Crippen molar-refractivity contribution in [2.24, 2.45) is 5.10 Å². The van der Waals surface area contributed by atoms with Gasteiger partial charge in [0.15, 0.2) is 0 Å². The van der Waals surface area contributed by atoms with Crippen molar-refractivity contribution in [3.63, 3.8) is 0 Å². The van der Waals surface area contributed by atoms with E-state index < -0.39 is 11.9 Å². The lowest BCUT2D eigenvalue weighted by Crippen LogP contribution is -2.19. The summed E-state index contributed by atoms with van der Waals surface area (Å²) in [6.07, 6.45) is 0.236. The summed E-state index contributed by atoms with van der Waals surface area (Å²) < 4.78 is 5.50. The van der Waals surface area contributed by atoms with E-state index in [2.05, 4.69) is 10.5 Å². The number of hydrogen-bond acceptors (Lipinski definition) is 5. The van der Waals surface area contributed by atoms with Crippen LogP contribution in [-0.4, -0.2) is 27.8 Å². The molecule has 1 aromatic heterocycles. The van der Waals surface area contributed by atoms with E-state index >= 15 is 0 Å². The molecule has 0 aliphatic heterocycles. The Balaban J connectivity index is 2.12. The van der Waals surface area contributed by atoms with Gasteiger partial charge in [-0.05, 0) is 38.1 Å². The maximum atomic E-state index is 12.1. The number of carboxylic acids is 1. The molecule has 0 unspecified atom stereocenters. The molecule has 1 amide bonds. The summed E-state index contributed by atoms with van der Waals surface area (Å²) in [7, 11) is 0. The lowest BCUT2D eigenvalue weighted by Gasteiger charge is -2.04. The van der Waals surface area contributed by atoms with Crippen molar-refractivity contribution in [1.82, 2.24) is 5.43 Å². The topological polar surface area (TPSA) is 112 Å². The van der Waals surface area contributed by atoms with Gasteiger partial charge in [0.25, 0.3) is 5.91 Å². The number of rotatable bonds is 6. The average Bonchev–Trinajstić information content (AvgIpc) is 2.93. The Morgan fingerprint density at radius 3 is 2.68 bits per heavy atom. The molecule has 132 valence electrons. The second-order valence-electron chi connectivity index (χ2n) is 5.38. The van der Waals surface area contributed by atoms with Gasteiger partial charge in [0.1, 0.15) is 17.3 Å². The third kappa shape index (κ3) is 4.84. The molecule has 0 saturated heterocycles. The van der Waals surface area contributed by atoms with E-state index in [0.717, 1.165) is 0 Å². The van der Waals surface area contributed by atoms with Crippen LogP contribution in [0, 0.1) is 6.92 Å². The van der Waals surface area contributed by atoms with E-state index in [4.69, 9.17) is 21.1 Å². The lowest BCUT2D eigenvalue weighted by molar-refractivity contribution is -0.137. The molecule has 8 heteroatoms. The first-order valence-electron chi connectivity index (χ1n) is 7.42. The van der Waals surface area contributed by atoms with E-state index in [1.807, 2.05) is 0 Å². The number of aryl methyl sites for hydroxylation is 2. The van der Waals surface area contributed by atoms with Gasteiger partial charge in [0, 0.05) is 17.0 Å². The van der Waals surface area contributed by atoms with E-state index in [1.54, 1.807) is 19.9 Å². The minimum Gasteiger partial charge on any atom is -0.507 e. The molecule has 2 aromatic rings. The van der Waals surface area contributed by atoms with Gasteiger partial charge in [-0.3, -0.25) is 9.59 Å². The van der Waals surface area contributed by atoms with Crippen LogP contribution in [0.2, 0.25) is 5.02 Å². The summed E-state index contributed by atoms with van der Waals surface area (Å²) in [5, 5.41) is 22.7. The molecule has 1 aromatic carbocycles. The minimum atomic E-state index is -0.908. The van der Waals surface area contributed by atoms with Crippen LogP contribution < -0.4 is 5.43 Å². The Morgan fingerprint density at radius 2 is 2.00 bits per heavy atom. The number of amides is 1. The zero-order valence-corrected chi connectivity index (χ0v) is 14.4. The molecule has 0 atom stereocenters. The van der Waals surface area contributed by atoms with Crippen molar-refractivity contribution in [3.05, 3.63) is 51.9 Å². The molecule has 0 saturated carbocycles. The number of halogens is 1. The van der Waals surface area contributed by atoms with Crippen molar-refractivity contribution in [1.29, 1.82) is 0 Å². The molecule has 0 spiro atoms. The van der Waals surface area contributed by atoms with Crippen LogP contribution in [0.3, 0.4) is 0 Å². The molecule has 2 rings (SSSR count). The number of hydrogen-bond donors (Lipinski definition) is 3. The summed E-state index contributed by atoms with van der Waals surface area (Å²) in [6, 6.07) is 5.82. The number of phenols is 1. The smallest absolute Gasteiger partial charge is 0.303 e. The zero-order valence-electron chi connectivity index (χ0n) is 13.7. The first-order chi connectivity index (χ1) is 11.8. The van der Waals surface area contributed by atoms with Gasteiger partial charge in [-0.25, -0.2) is 5.43 Å². The summed E-state index contributed by atoms with van der Waals surface area (Å²) in [4.78, 5) is 22.7. The number of carbonyl (C=O) groups is 2. The number of aliphatic carboxylic acids is 1. The molecule has 0 radical (unpaired) electrons. The first kappa shape index (κ1) is 18.5. The highest BCUT2D eigenvalue weighted by Gasteiger charge is 2.14. The predicted octanol–water partition coefficient (Wildman–Crippen LogP) is 3.12. The number of phenolic OH excluding ortho intramolecular Hbond substituents is 1. The largest absolute Gasteiger partial charge is 0.507 e. The minimum absolute atomic E-state index is 0.00936. The van der Waals surface area contributed by atoms with Crippen molar-refractivity contribution in [3.8, 4) is 5.75 Å². The van der Waals surface area contributed by atoms with Crippen LogP contribution in [0.15, 0.2) is 33.8 Å². The summed E-state index contributed by atoms with van der Waals surface area (Å²) in [5.41, 5.74) is 3.50. The van der Waals surface area contributed by atoms with Gasteiger partial charge < -0.3 is 14.6 Å². The third-order valence-electron chi connectivity index (χ3n) is 3.47. The highest BCUT2D eigenvalue weighted by molar-refractivity contribution is 6.31. The summed E-state index contributed by atoms with van der Waals surface area (Å²) in [5.74, 6) is -0.615. The van der Waals surface area contributed by atoms with Crippen LogP contribution in [0.1, 0.15) is 40.8 Å². The van der Waals surface area contributed by atoms with Gasteiger partial charge in [0.05, 0.1) is 17.7 Å². The zero-order chi connectivity index (χ0) is 18.6. The Kier molecular flexibility index (Phi) is 5.82. The molecule has 7 nitrogen and oxygen atoms in total. The van der Waals surface area contributed by atoms with Gasteiger partial charge in [0.2, 0.25) is 0 Å². The number of carbonyl (C=O) groups excluding carboxylic acids is 1. The van der Waals surface area contributed by atoms with Crippen molar-refractivity contribution >= 4 is 29.2 Å². The first-order valence-corrected chi connectivity index (χ1v) is 7.80. The van der Waals surface area contributed by atoms with Crippen molar-refractivity contribution in [2.75, 3.05) is 0 Å². The normalized spacial score (nSPS) is 11.4. The van der Waals surface area contributed by atoms with Gasteiger partial charge in [-0.1, -0.05) is 11.6 Å². The average molecular weight is 365 g/mol. The molecular formula is C17H17ClN2O5. The van der Waals surface area contributed by atoms with E-state index in [0.29, 0.717) is 27.8 Å². The molecule has 0 aliphatic rings. The molecule has 0 aliphatic carbocycles. The highest BCUT2D eigenvalue weighted by atomic mass is 35.5. The maximum Gasteiger partial charge on any atom is 0.303 e. The Labute approximate surface area is 148 Å². The van der Waals surface area contributed by atoms with E-state index in [1.165, 1.54) is 18.2 Å². The SMILES string of the molecule is C/C(=N/NC(=O)c1cc(Cl)ccc1O)c1cc(CCC(=O)O)oc1C. The van der Waals surface area contributed by atoms with Crippen molar-refractivity contribution < 1.29 is 24.2 Å². The summed E-state index contributed by atoms with van der Waals surface area (Å²) >= 11 is 5.81. The summed E-state index contributed by atoms with van der Waals surface area (Å²) in [6.45, 7) is 3.40. The second kappa shape index (κ2) is 7.85. The molecule has 0 fully saturated rings. The number of furan rings is 1. The number of hydrazone groups is 1. The predicted molar refractivity (Wildman–Crippen MR) is 92.2 cm³/mol. The Bertz CT molecular complexity index is 842. The molecule has 3 N–H and O–H groups in total. The van der Waals surface area contributed by atoms with Gasteiger partial charge in [-0.2, -0.15) is 5.10 Å². The van der Waals surface area contributed by atoms with Crippen LogP contribution in [0.25, 0.3) is 0 Å². The monoisotopic (exact) mass is 364 g/mol. The van der Waals surface area contributed by atoms with Gasteiger partial charge in [-0.15, -0.1) is 0 Å². The number of nitrogens with zero attached hydrogens (tertiary/aromatic N) is 1. The van der Waals surface area contributed by atoms with E-state index in [-0.39, 0.29) is 24.2 Å². The lowest BCUT2D eigenvalue weighted by atomic mass is 10.1. The number of carboxylic acid groups (broad SMARTS) is 1. The highest BCUT2D eigenvalue weighted by Crippen LogP contribution is 2.21. The number of nitrogens with one attached hydrogen (secondary N) is 1. The molecular weight excluding hydrogens is 348 g/mol. The fourth-order valence-electron chi connectivity index (χ4n) is 2.20. The quantitative estimate of drug-likeness (QED) is 0.538. The fourth-order valence-corrected chi connectivity index (χ4v) is 2.37. The number of benzene rings is 1. The van der Waals surface area contributed by atoms with E-state index in [9.17, 15) is 14.7 Å². The van der Waals surface area contributed by atoms with Crippen LogP contribution in [0.4, 0.5) is 0 Å². The van der Waals surface area contributed by atoms with Gasteiger partial charge >= 0.3 is 5.97 Å². The second-order valence-corrected chi connectivity index (χ2v) is 5.81. The van der Waals surface area contributed by atoms with Crippen LogP contribution >= 0.6 is 11.6 Å². The number of aromatic hydroxyl groups is 1. The Morgan fingerprint density at radius 1 is 1.28 bits per heavy atom. The molecule has 0 bridgehead atoms. The third-order valence-corrected chi connectivity index (χ3v) is 3.71. The standard InChI is InChI=1S/C17H17ClN2O5/c1-9(13-8-12(25-10(13)2)4-6-16(22)23)19-20-17(24)14-7-11(18)3-5-15(14)21/h3,5,7-8,21H,4,6H2,1-2H3,(H,20,24)(H,22,23)/b19-9-. The molecule has 25 heavy (non-hydrogen) atoms.